The van der Waals surface area contributed by atoms with Crippen LogP contribution < -0.4 is 10.0 Å². The summed E-state index contributed by atoms with van der Waals surface area (Å²) >= 11 is 12.1. The number of halogens is 2. The van der Waals surface area contributed by atoms with Crippen LogP contribution in [0.2, 0.25) is 10.0 Å². The van der Waals surface area contributed by atoms with Crippen LogP contribution in [-0.4, -0.2) is 35.1 Å². The first-order chi connectivity index (χ1) is 12.3. The van der Waals surface area contributed by atoms with Crippen LogP contribution in [0.25, 0.3) is 0 Å². The van der Waals surface area contributed by atoms with Gasteiger partial charge >= 0.3 is 0 Å². The molecule has 11 heteroatoms. The fraction of sp³-hybridized carbons (Fsp3) is 0.400. The quantitative estimate of drug-likeness (QED) is 0.715. The maximum atomic E-state index is 12.5. The Morgan fingerprint density at radius 2 is 2.04 bits per heavy atom. The molecule has 1 aliphatic carbocycles. The molecule has 1 aromatic carbocycles. The van der Waals surface area contributed by atoms with Crippen LogP contribution in [0.3, 0.4) is 0 Å². The lowest BCUT2D eigenvalue weighted by Crippen LogP contribution is -2.28. The van der Waals surface area contributed by atoms with Crippen molar-refractivity contribution in [1.29, 1.82) is 0 Å². The molecule has 0 unspecified atom stereocenters. The normalized spacial score (nSPS) is 14.4. The number of hydrogen-bond donors (Lipinski definition) is 2. The first kappa shape index (κ1) is 19.1. The minimum Gasteiger partial charge on any atom is -0.345 e. The van der Waals surface area contributed by atoms with Gasteiger partial charge in [-0.3, -0.25) is 4.79 Å². The Labute approximate surface area is 160 Å². The molecule has 1 amide bonds. The van der Waals surface area contributed by atoms with E-state index in [0.29, 0.717) is 12.4 Å². The summed E-state index contributed by atoms with van der Waals surface area (Å²) in [5.74, 6) is 0.0503. The summed E-state index contributed by atoms with van der Waals surface area (Å²) in [5.41, 5.74) is 0.0230. The maximum absolute atomic E-state index is 12.5. The Morgan fingerprint density at radius 3 is 2.69 bits per heavy atom. The highest BCUT2D eigenvalue weighted by Crippen LogP contribution is 2.30. The molecule has 0 atom stereocenters. The van der Waals surface area contributed by atoms with Gasteiger partial charge in [0, 0.05) is 12.6 Å². The van der Waals surface area contributed by atoms with Gasteiger partial charge in [-0.2, -0.15) is 5.10 Å². The third kappa shape index (κ3) is 4.17. The second-order valence-corrected chi connectivity index (χ2v) is 8.33. The molecule has 0 radical (unpaired) electrons. The van der Waals surface area contributed by atoms with Crippen molar-refractivity contribution < 1.29 is 13.2 Å². The molecule has 2 aromatic rings. The number of hydrogen-bond acceptors (Lipinski definition) is 5. The number of sulfonamides is 1. The number of carbonyl (C=O) groups excluding carboxylic acids is 1. The van der Waals surface area contributed by atoms with Crippen LogP contribution >= 0.6 is 23.2 Å². The standard InChI is InChI=1S/C15H17Cl2N5O3S/c1-2-22-14(19-8-20-22)7-18-15(23)10-5-13(12(17)6-11(10)16)26(24,25)21-9-3-4-9/h5-6,8-9,21H,2-4,7H2,1H3,(H,18,23). The second kappa shape index (κ2) is 7.51. The highest BCUT2D eigenvalue weighted by atomic mass is 35.5. The van der Waals surface area contributed by atoms with Crippen molar-refractivity contribution in [2.45, 2.75) is 43.8 Å². The van der Waals surface area contributed by atoms with Gasteiger partial charge in [0.2, 0.25) is 10.0 Å². The summed E-state index contributed by atoms with van der Waals surface area (Å²) in [4.78, 5) is 16.4. The summed E-state index contributed by atoms with van der Waals surface area (Å²) in [5, 5.41) is 6.71. The predicted molar refractivity (Wildman–Crippen MR) is 96.7 cm³/mol. The molecule has 2 N–H and O–H groups in total. The topological polar surface area (TPSA) is 106 Å². The van der Waals surface area contributed by atoms with Crippen LogP contribution in [0.15, 0.2) is 23.4 Å². The first-order valence-corrected chi connectivity index (χ1v) is 10.2. The van der Waals surface area contributed by atoms with Crippen molar-refractivity contribution in [3.63, 3.8) is 0 Å². The van der Waals surface area contributed by atoms with E-state index in [-0.39, 0.29) is 33.1 Å². The second-order valence-electron chi connectivity index (χ2n) is 5.83. The van der Waals surface area contributed by atoms with Gasteiger partial charge in [0.25, 0.3) is 5.91 Å². The third-order valence-corrected chi connectivity index (χ3v) is 6.16. The fourth-order valence-corrected chi connectivity index (χ4v) is 4.50. The van der Waals surface area contributed by atoms with E-state index in [0.717, 1.165) is 12.8 Å². The number of rotatable bonds is 7. The van der Waals surface area contributed by atoms with Gasteiger partial charge in [-0.1, -0.05) is 23.2 Å². The van der Waals surface area contributed by atoms with E-state index < -0.39 is 15.9 Å². The molecule has 8 nitrogen and oxygen atoms in total. The monoisotopic (exact) mass is 417 g/mol. The number of nitrogens with zero attached hydrogens (tertiary/aromatic N) is 3. The van der Waals surface area contributed by atoms with Crippen LogP contribution in [0.1, 0.15) is 35.9 Å². The molecule has 1 saturated carbocycles. The Hall–Kier alpha value is -1.68. The molecular weight excluding hydrogens is 401 g/mol. The van der Waals surface area contributed by atoms with E-state index in [1.165, 1.54) is 18.5 Å². The van der Waals surface area contributed by atoms with Crippen molar-refractivity contribution in [1.82, 2.24) is 24.8 Å². The van der Waals surface area contributed by atoms with E-state index in [1.54, 1.807) is 4.68 Å². The number of amides is 1. The van der Waals surface area contributed by atoms with E-state index in [4.69, 9.17) is 23.2 Å². The Morgan fingerprint density at radius 1 is 1.31 bits per heavy atom. The first-order valence-electron chi connectivity index (χ1n) is 7.98. The van der Waals surface area contributed by atoms with Gasteiger partial charge in [0.15, 0.2) is 0 Å². The summed E-state index contributed by atoms with van der Waals surface area (Å²) in [6, 6.07) is 2.37. The zero-order valence-electron chi connectivity index (χ0n) is 13.9. The Kier molecular flexibility index (Phi) is 5.52. The SMILES string of the molecule is CCn1ncnc1CNC(=O)c1cc(S(=O)(=O)NC2CC2)c(Cl)cc1Cl. The molecule has 1 heterocycles. The summed E-state index contributed by atoms with van der Waals surface area (Å²) < 4.78 is 29.0. The van der Waals surface area contributed by atoms with E-state index >= 15 is 0 Å². The fourth-order valence-electron chi connectivity index (χ4n) is 2.34. The van der Waals surface area contributed by atoms with Crippen molar-refractivity contribution in [3.8, 4) is 0 Å². The van der Waals surface area contributed by atoms with Crippen LogP contribution in [0, 0.1) is 0 Å². The number of carbonyl (C=O) groups is 1. The number of aromatic nitrogens is 3. The van der Waals surface area contributed by atoms with Crippen molar-refractivity contribution in [2.24, 2.45) is 0 Å². The summed E-state index contributed by atoms with van der Waals surface area (Å²) in [6.45, 7) is 2.65. The number of nitrogens with one attached hydrogen (secondary N) is 2. The molecule has 0 bridgehead atoms. The molecule has 1 aliphatic rings. The maximum Gasteiger partial charge on any atom is 0.253 e. The lowest BCUT2D eigenvalue weighted by atomic mass is 10.2. The van der Waals surface area contributed by atoms with Crippen molar-refractivity contribution in [3.05, 3.63) is 39.9 Å². The van der Waals surface area contributed by atoms with Gasteiger partial charge < -0.3 is 5.32 Å². The summed E-state index contributed by atoms with van der Waals surface area (Å²) in [7, 11) is -3.82. The van der Waals surface area contributed by atoms with Gasteiger partial charge in [0.05, 0.1) is 22.2 Å². The Bertz CT molecular complexity index is 941. The molecule has 1 fully saturated rings. The van der Waals surface area contributed by atoms with Crippen LogP contribution in [0.5, 0.6) is 0 Å². The molecular formula is C15H17Cl2N5O3S. The minimum atomic E-state index is -3.82. The lowest BCUT2D eigenvalue weighted by molar-refractivity contribution is 0.0949. The number of benzene rings is 1. The van der Waals surface area contributed by atoms with Gasteiger partial charge in [-0.15, -0.1) is 0 Å². The highest BCUT2D eigenvalue weighted by Gasteiger charge is 2.30. The Balaban J connectivity index is 1.82. The van der Waals surface area contributed by atoms with Gasteiger partial charge in [-0.05, 0) is 31.9 Å². The average molecular weight is 418 g/mol. The van der Waals surface area contributed by atoms with E-state index in [2.05, 4.69) is 20.1 Å². The molecule has 0 aliphatic heterocycles. The number of aryl methyl sites for hydroxylation is 1. The molecule has 0 saturated heterocycles. The molecule has 3 rings (SSSR count). The van der Waals surface area contributed by atoms with E-state index in [9.17, 15) is 13.2 Å². The highest BCUT2D eigenvalue weighted by molar-refractivity contribution is 7.89. The van der Waals surface area contributed by atoms with Crippen molar-refractivity contribution in [2.75, 3.05) is 0 Å². The smallest absolute Gasteiger partial charge is 0.253 e. The van der Waals surface area contributed by atoms with Gasteiger partial charge in [0.1, 0.15) is 17.0 Å². The van der Waals surface area contributed by atoms with Crippen LogP contribution in [-0.2, 0) is 23.1 Å². The summed E-state index contributed by atoms with van der Waals surface area (Å²) in [6.07, 6.45) is 2.97. The molecule has 140 valence electrons. The predicted octanol–water partition coefficient (Wildman–Crippen LogP) is 1.98. The third-order valence-electron chi connectivity index (χ3n) is 3.86. The lowest BCUT2D eigenvalue weighted by Gasteiger charge is -2.12. The molecule has 26 heavy (non-hydrogen) atoms. The van der Waals surface area contributed by atoms with Gasteiger partial charge in [-0.25, -0.2) is 22.8 Å². The molecule has 0 spiro atoms. The minimum absolute atomic E-state index is 0.0230. The largest absolute Gasteiger partial charge is 0.345 e. The van der Waals surface area contributed by atoms with Crippen LogP contribution in [0.4, 0.5) is 0 Å². The van der Waals surface area contributed by atoms with E-state index in [1.807, 2.05) is 6.92 Å². The van der Waals surface area contributed by atoms with Crippen molar-refractivity contribution >= 4 is 39.1 Å². The zero-order valence-corrected chi connectivity index (χ0v) is 16.2. The molecule has 1 aromatic heterocycles. The zero-order chi connectivity index (χ0) is 18.9. The average Bonchev–Trinajstić information content (AvgIpc) is 3.25.